The van der Waals surface area contributed by atoms with Crippen molar-refractivity contribution in [2.45, 2.75) is 31.7 Å². The second kappa shape index (κ2) is 7.13. The smallest absolute Gasteiger partial charge is 0.264 e. The van der Waals surface area contributed by atoms with Gasteiger partial charge in [0.2, 0.25) is 0 Å². The number of nitrogens with zero attached hydrogens (tertiary/aromatic N) is 1. The molecule has 0 fully saturated rings. The zero-order valence-electron chi connectivity index (χ0n) is 14.6. The van der Waals surface area contributed by atoms with Gasteiger partial charge in [-0.15, -0.1) is 0 Å². The molecule has 130 valence electrons. The van der Waals surface area contributed by atoms with Gasteiger partial charge in [0.25, 0.3) is 10.0 Å². The summed E-state index contributed by atoms with van der Waals surface area (Å²) in [6.07, 6.45) is 0. The molecule has 0 atom stereocenters. The third kappa shape index (κ3) is 3.33. The van der Waals surface area contributed by atoms with E-state index in [0.29, 0.717) is 22.7 Å². The van der Waals surface area contributed by atoms with Crippen molar-refractivity contribution in [3.8, 4) is 11.5 Å². The van der Waals surface area contributed by atoms with Crippen LogP contribution in [0.15, 0.2) is 47.4 Å². The summed E-state index contributed by atoms with van der Waals surface area (Å²) < 4.78 is 38.5. The molecule has 0 aliphatic rings. The van der Waals surface area contributed by atoms with Crippen LogP contribution in [0, 0.1) is 6.92 Å². The highest BCUT2D eigenvalue weighted by Crippen LogP contribution is 2.35. The minimum atomic E-state index is -3.74. The summed E-state index contributed by atoms with van der Waals surface area (Å²) in [5.41, 5.74) is 1.23. The Hall–Kier alpha value is -2.21. The number of hydrogen-bond acceptors (Lipinski definition) is 4. The van der Waals surface area contributed by atoms with Gasteiger partial charge in [-0.25, -0.2) is 8.42 Å². The quantitative estimate of drug-likeness (QED) is 0.799. The number of aryl methyl sites for hydroxylation is 1. The Balaban J connectivity index is 2.64. The molecule has 0 saturated carbocycles. The van der Waals surface area contributed by atoms with Crippen LogP contribution in [0.1, 0.15) is 19.4 Å². The number of sulfonamides is 1. The van der Waals surface area contributed by atoms with E-state index in [9.17, 15) is 8.42 Å². The molecule has 0 aliphatic carbocycles. The van der Waals surface area contributed by atoms with Crippen LogP contribution in [0.4, 0.5) is 5.69 Å². The first-order chi connectivity index (χ1) is 11.3. The van der Waals surface area contributed by atoms with E-state index in [1.54, 1.807) is 25.1 Å². The van der Waals surface area contributed by atoms with Gasteiger partial charge in [0, 0.05) is 12.1 Å². The topological polar surface area (TPSA) is 55.8 Å². The lowest BCUT2D eigenvalue weighted by atomic mass is 10.2. The van der Waals surface area contributed by atoms with Gasteiger partial charge in [-0.05, 0) is 44.5 Å². The maximum atomic E-state index is 13.3. The third-order valence-electron chi connectivity index (χ3n) is 3.70. The van der Waals surface area contributed by atoms with Gasteiger partial charge in [0.15, 0.2) is 11.5 Å². The van der Waals surface area contributed by atoms with E-state index in [0.717, 1.165) is 0 Å². The second-order valence-electron chi connectivity index (χ2n) is 5.70. The van der Waals surface area contributed by atoms with E-state index in [1.807, 2.05) is 32.0 Å². The Morgan fingerprint density at radius 2 is 1.50 bits per heavy atom. The van der Waals surface area contributed by atoms with E-state index in [-0.39, 0.29) is 10.9 Å². The van der Waals surface area contributed by atoms with Crippen molar-refractivity contribution >= 4 is 15.7 Å². The summed E-state index contributed by atoms with van der Waals surface area (Å²) in [5.74, 6) is 0.892. The van der Waals surface area contributed by atoms with Crippen molar-refractivity contribution in [2.75, 3.05) is 18.5 Å². The van der Waals surface area contributed by atoms with Gasteiger partial charge < -0.3 is 9.47 Å². The molecule has 5 nitrogen and oxygen atoms in total. The Bertz CT molecular complexity index is 801. The van der Waals surface area contributed by atoms with Gasteiger partial charge in [0.1, 0.15) is 0 Å². The Morgan fingerprint density at radius 1 is 0.958 bits per heavy atom. The fourth-order valence-corrected chi connectivity index (χ4v) is 4.52. The average Bonchev–Trinajstić information content (AvgIpc) is 2.54. The molecule has 0 radical (unpaired) electrons. The molecule has 0 aliphatic heterocycles. The molecular weight excluding hydrogens is 326 g/mol. The normalized spacial score (nSPS) is 11.4. The molecule has 0 unspecified atom stereocenters. The van der Waals surface area contributed by atoms with Gasteiger partial charge in [-0.1, -0.05) is 18.2 Å². The van der Waals surface area contributed by atoms with E-state index in [2.05, 4.69) is 0 Å². The summed E-state index contributed by atoms with van der Waals surface area (Å²) in [6.45, 7) is 5.44. The van der Waals surface area contributed by atoms with Crippen LogP contribution in [0.5, 0.6) is 11.5 Å². The Labute approximate surface area is 143 Å². The molecule has 2 aromatic rings. The van der Waals surface area contributed by atoms with Gasteiger partial charge in [-0.2, -0.15) is 0 Å². The van der Waals surface area contributed by atoms with Crippen LogP contribution in [0.25, 0.3) is 0 Å². The summed E-state index contributed by atoms with van der Waals surface area (Å²) in [7, 11) is -0.733. The van der Waals surface area contributed by atoms with Crippen LogP contribution in [0.2, 0.25) is 0 Å². The zero-order chi connectivity index (χ0) is 17.9. The fraction of sp³-hybridized carbons (Fsp3) is 0.333. The Kier molecular flexibility index (Phi) is 5.39. The molecule has 0 spiro atoms. The highest BCUT2D eigenvalue weighted by Gasteiger charge is 2.30. The van der Waals surface area contributed by atoms with Gasteiger partial charge in [0.05, 0.1) is 24.8 Å². The molecule has 0 bridgehead atoms. The van der Waals surface area contributed by atoms with Crippen molar-refractivity contribution in [3.05, 3.63) is 48.0 Å². The van der Waals surface area contributed by atoms with Crippen molar-refractivity contribution in [1.82, 2.24) is 0 Å². The SMILES string of the molecule is COc1cc(C)c(S(=O)(=O)N(c2ccccc2)C(C)C)cc1OC. The number of ether oxygens (including phenoxy) is 2. The number of para-hydroxylation sites is 1. The number of anilines is 1. The molecule has 0 heterocycles. The number of methoxy groups -OCH3 is 2. The molecule has 2 aromatic carbocycles. The average molecular weight is 349 g/mol. The molecule has 24 heavy (non-hydrogen) atoms. The minimum Gasteiger partial charge on any atom is -0.493 e. The van der Waals surface area contributed by atoms with Gasteiger partial charge in [-0.3, -0.25) is 4.31 Å². The van der Waals surface area contributed by atoms with Crippen molar-refractivity contribution in [1.29, 1.82) is 0 Å². The van der Waals surface area contributed by atoms with Crippen LogP contribution in [-0.2, 0) is 10.0 Å². The number of rotatable bonds is 6. The maximum absolute atomic E-state index is 13.3. The predicted molar refractivity (Wildman–Crippen MR) is 95.5 cm³/mol. The maximum Gasteiger partial charge on any atom is 0.264 e. The van der Waals surface area contributed by atoms with Crippen LogP contribution in [-0.4, -0.2) is 28.7 Å². The highest BCUT2D eigenvalue weighted by molar-refractivity contribution is 7.93. The summed E-state index contributed by atoms with van der Waals surface area (Å²) >= 11 is 0. The first-order valence-electron chi connectivity index (χ1n) is 7.65. The van der Waals surface area contributed by atoms with Crippen molar-refractivity contribution < 1.29 is 17.9 Å². The lowest BCUT2D eigenvalue weighted by Gasteiger charge is -2.29. The largest absolute Gasteiger partial charge is 0.493 e. The van der Waals surface area contributed by atoms with Crippen LogP contribution in [0.3, 0.4) is 0 Å². The molecule has 0 aromatic heterocycles. The molecule has 0 amide bonds. The Morgan fingerprint density at radius 3 is 2.00 bits per heavy atom. The second-order valence-corrected chi connectivity index (χ2v) is 7.49. The highest BCUT2D eigenvalue weighted by atomic mass is 32.2. The molecule has 6 heteroatoms. The van der Waals surface area contributed by atoms with E-state index in [1.165, 1.54) is 24.6 Å². The van der Waals surface area contributed by atoms with E-state index < -0.39 is 10.0 Å². The summed E-state index contributed by atoms with van der Waals surface area (Å²) in [4.78, 5) is 0.206. The summed E-state index contributed by atoms with van der Waals surface area (Å²) in [6, 6.07) is 12.0. The standard InChI is InChI=1S/C18H23NO4S/c1-13(2)19(15-9-7-6-8-10-15)24(20,21)18-12-17(23-5)16(22-4)11-14(18)3/h6-13H,1-5H3. The van der Waals surface area contributed by atoms with Crippen molar-refractivity contribution in [2.24, 2.45) is 0 Å². The molecule has 0 saturated heterocycles. The molecule has 2 rings (SSSR count). The third-order valence-corrected chi connectivity index (χ3v) is 5.84. The molecular formula is C18H23NO4S. The molecule has 0 N–H and O–H groups in total. The number of benzene rings is 2. The fourth-order valence-electron chi connectivity index (χ4n) is 2.64. The van der Waals surface area contributed by atoms with Crippen molar-refractivity contribution in [3.63, 3.8) is 0 Å². The summed E-state index contributed by atoms with van der Waals surface area (Å²) in [5, 5.41) is 0. The predicted octanol–water partition coefficient (Wildman–Crippen LogP) is 3.62. The first kappa shape index (κ1) is 18.1. The van der Waals surface area contributed by atoms with E-state index in [4.69, 9.17) is 9.47 Å². The lowest BCUT2D eigenvalue weighted by Crippen LogP contribution is -2.37. The zero-order valence-corrected chi connectivity index (χ0v) is 15.4. The monoisotopic (exact) mass is 349 g/mol. The minimum absolute atomic E-state index is 0.206. The number of hydrogen-bond donors (Lipinski definition) is 0. The first-order valence-corrected chi connectivity index (χ1v) is 9.09. The van der Waals surface area contributed by atoms with E-state index >= 15 is 0 Å². The van der Waals surface area contributed by atoms with Crippen LogP contribution >= 0.6 is 0 Å². The van der Waals surface area contributed by atoms with Gasteiger partial charge >= 0.3 is 0 Å². The van der Waals surface area contributed by atoms with Crippen LogP contribution < -0.4 is 13.8 Å². The lowest BCUT2D eigenvalue weighted by molar-refractivity contribution is 0.353.